The van der Waals surface area contributed by atoms with Gasteiger partial charge in [-0.05, 0) is 36.2 Å². The average molecular weight is 377 g/mol. The van der Waals surface area contributed by atoms with Gasteiger partial charge in [0.1, 0.15) is 11.5 Å². The van der Waals surface area contributed by atoms with Gasteiger partial charge in [-0.25, -0.2) is 9.97 Å². The number of hydrogen-bond acceptors (Lipinski definition) is 7. The van der Waals surface area contributed by atoms with Crippen molar-refractivity contribution in [2.45, 2.75) is 6.42 Å². The Morgan fingerprint density at radius 1 is 1.11 bits per heavy atom. The van der Waals surface area contributed by atoms with Crippen molar-refractivity contribution >= 4 is 17.4 Å². The lowest BCUT2D eigenvalue weighted by molar-refractivity contribution is 0.102. The minimum Gasteiger partial charge on any atom is -0.454 e. The van der Waals surface area contributed by atoms with Crippen molar-refractivity contribution < 1.29 is 14.3 Å². The highest BCUT2D eigenvalue weighted by Crippen LogP contribution is 2.34. The van der Waals surface area contributed by atoms with E-state index in [1.807, 2.05) is 24.1 Å². The van der Waals surface area contributed by atoms with Crippen molar-refractivity contribution in [1.29, 1.82) is 0 Å². The van der Waals surface area contributed by atoms with Crippen LogP contribution in [0.5, 0.6) is 11.5 Å². The van der Waals surface area contributed by atoms with E-state index in [4.69, 9.17) is 9.47 Å². The summed E-state index contributed by atoms with van der Waals surface area (Å²) in [5.74, 6) is 1.64. The van der Waals surface area contributed by atoms with Crippen LogP contribution >= 0.6 is 0 Å². The number of nitrogens with zero attached hydrogens (tertiary/aromatic N) is 4. The van der Waals surface area contributed by atoms with Gasteiger partial charge in [-0.15, -0.1) is 0 Å². The second-order valence-electron chi connectivity index (χ2n) is 6.31. The molecule has 3 aromatic rings. The lowest BCUT2D eigenvalue weighted by Gasteiger charge is -2.17. The van der Waals surface area contributed by atoms with E-state index >= 15 is 0 Å². The number of hydrogen-bond donors (Lipinski definition) is 1. The molecule has 2 aromatic heterocycles. The zero-order chi connectivity index (χ0) is 19.3. The van der Waals surface area contributed by atoms with E-state index in [-0.39, 0.29) is 18.4 Å². The summed E-state index contributed by atoms with van der Waals surface area (Å²) in [6.07, 6.45) is 7.50. The maximum Gasteiger partial charge on any atom is 0.275 e. The highest BCUT2D eigenvalue weighted by atomic mass is 16.7. The Hall–Kier alpha value is -3.68. The highest BCUT2D eigenvalue weighted by Gasteiger charge is 2.15. The first-order chi connectivity index (χ1) is 13.7. The Labute approximate surface area is 162 Å². The van der Waals surface area contributed by atoms with Crippen LogP contribution in [0.15, 0.2) is 55.1 Å². The largest absolute Gasteiger partial charge is 0.454 e. The van der Waals surface area contributed by atoms with Crippen molar-refractivity contribution in [2.75, 3.05) is 30.6 Å². The van der Waals surface area contributed by atoms with E-state index in [2.05, 4.69) is 20.3 Å². The number of carbonyl (C=O) groups is 1. The number of aromatic nitrogens is 3. The summed E-state index contributed by atoms with van der Waals surface area (Å²) in [6, 6.07) is 9.20. The lowest BCUT2D eigenvalue weighted by Crippen LogP contribution is -2.22. The molecule has 0 spiro atoms. The van der Waals surface area contributed by atoms with Crippen LogP contribution in [0.4, 0.5) is 11.5 Å². The number of amides is 1. The van der Waals surface area contributed by atoms with Crippen LogP contribution in [-0.2, 0) is 6.42 Å². The van der Waals surface area contributed by atoms with Crippen molar-refractivity contribution in [2.24, 2.45) is 0 Å². The molecule has 142 valence electrons. The van der Waals surface area contributed by atoms with Crippen LogP contribution < -0.4 is 19.7 Å². The summed E-state index contributed by atoms with van der Waals surface area (Å²) < 4.78 is 10.6. The van der Waals surface area contributed by atoms with Crippen molar-refractivity contribution in [1.82, 2.24) is 15.0 Å². The molecule has 0 saturated carbocycles. The maximum absolute atomic E-state index is 12.4. The number of nitrogens with one attached hydrogen (secondary N) is 1. The Morgan fingerprint density at radius 3 is 2.71 bits per heavy atom. The van der Waals surface area contributed by atoms with Crippen LogP contribution in [-0.4, -0.2) is 41.2 Å². The quantitative estimate of drug-likeness (QED) is 0.706. The van der Waals surface area contributed by atoms with E-state index in [1.54, 1.807) is 36.8 Å². The predicted molar refractivity (Wildman–Crippen MR) is 104 cm³/mol. The van der Waals surface area contributed by atoms with Crippen LogP contribution in [0, 0.1) is 0 Å². The first-order valence-electron chi connectivity index (χ1n) is 8.82. The number of ether oxygens (including phenoxy) is 2. The van der Waals surface area contributed by atoms with E-state index in [0.717, 1.165) is 13.0 Å². The summed E-state index contributed by atoms with van der Waals surface area (Å²) in [5, 5.41) is 2.79. The fraction of sp³-hybridized carbons (Fsp3) is 0.200. The third kappa shape index (κ3) is 4.01. The molecule has 0 atom stereocenters. The van der Waals surface area contributed by atoms with Gasteiger partial charge in [-0.3, -0.25) is 9.78 Å². The van der Waals surface area contributed by atoms with Crippen LogP contribution in [0.3, 0.4) is 0 Å². The Bertz CT molecular complexity index is 963. The monoisotopic (exact) mass is 377 g/mol. The van der Waals surface area contributed by atoms with Crippen molar-refractivity contribution in [3.63, 3.8) is 0 Å². The van der Waals surface area contributed by atoms with Gasteiger partial charge in [0.2, 0.25) is 6.79 Å². The van der Waals surface area contributed by atoms with Crippen LogP contribution in [0.1, 0.15) is 16.1 Å². The summed E-state index contributed by atoms with van der Waals surface area (Å²) in [6.45, 7) is 0.968. The van der Waals surface area contributed by atoms with Gasteiger partial charge in [0, 0.05) is 37.7 Å². The molecule has 28 heavy (non-hydrogen) atoms. The molecule has 0 saturated heterocycles. The number of anilines is 2. The molecule has 8 nitrogen and oxygen atoms in total. The second kappa shape index (κ2) is 7.91. The molecule has 1 N–H and O–H groups in total. The third-order valence-electron chi connectivity index (χ3n) is 4.38. The summed E-state index contributed by atoms with van der Waals surface area (Å²) in [7, 11) is 1.94. The van der Waals surface area contributed by atoms with Gasteiger partial charge in [0.25, 0.3) is 5.91 Å². The zero-order valence-corrected chi connectivity index (χ0v) is 15.3. The molecule has 0 unspecified atom stereocenters. The molecule has 1 aliphatic rings. The van der Waals surface area contributed by atoms with Crippen LogP contribution in [0.25, 0.3) is 0 Å². The molecular formula is C20H19N5O3. The minimum atomic E-state index is -0.336. The molecule has 0 radical (unpaired) electrons. The number of pyridine rings is 1. The molecule has 1 aliphatic heterocycles. The predicted octanol–water partition coefficient (Wildman–Crippen LogP) is 2.53. The number of benzene rings is 1. The number of rotatable bonds is 6. The van der Waals surface area contributed by atoms with Gasteiger partial charge in [0.15, 0.2) is 11.5 Å². The molecule has 8 heteroatoms. The standard InChI is InChI=1S/C20H19N5O3/c1-25(9-6-14-4-7-21-8-5-14)19-12-22-16(11-23-19)20(26)24-15-2-3-17-18(10-15)28-13-27-17/h2-5,7-8,10-12H,6,9,13H2,1H3,(H,24,26). The van der Waals surface area contributed by atoms with Gasteiger partial charge in [0.05, 0.1) is 12.4 Å². The van der Waals surface area contributed by atoms with E-state index < -0.39 is 0 Å². The molecule has 1 aromatic carbocycles. The SMILES string of the molecule is CN(CCc1ccncc1)c1cnc(C(=O)Nc2ccc3c(c2)OCO3)cn1. The van der Waals surface area contributed by atoms with Crippen LogP contribution in [0.2, 0.25) is 0 Å². The molecule has 0 aliphatic carbocycles. The number of fused-ring (bicyclic) bond motifs is 1. The topological polar surface area (TPSA) is 89.5 Å². The fourth-order valence-corrected chi connectivity index (χ4v) is 2.77. The average Bonchev–Trinajstić information content (AvgIpc) is 3.21. The molecule has 1 amide bonds. The Balaban J connectivity index is 1.36. The Kier molecular flexibility index (Phi) is 5.01. The normalized spacial score (nSPS) is 11.9. The molecular weight excluding hydrogens is 358 g/mol. The minimum absolute atomic E-state index is 0.189. The van der Waals surface area contributed by atoms with Gasteiger partial charge in [-0.2, -0.15) is 0 Å². The second-order valence-corrected chi connectivity index (χ2v) is 6.31. The number of likely N-dealkylation sites (N-methyl/N-ethyl adjacent to an activating group) is 1. The van der Waals surface area contributed by atoms with Crippen molar-refractivity contribution in [3.8, 4) is 11.5 Å². The fourth-order valence-electron chi connectivity index (χ4n) is 2.77. The van der Waals surface area contributed by atoms with Crippen molar-refractivity contribution in [3.05, 3.63) is 66.4 Å². The summed E-state index contributed by atoms with van der Waals surface area (Å²) in [5.41, 5.74) is 2.05. The first kappa shape index (κ1) is 17.7. The maximum atomic E-state index is 12.4. The smallest absolute Gasteiger partial charge is 0.275 e. The lowest BCUT2D eigenvalue weighted by atomic mass is 10.2. The molecule has 4 rings (SSSR count). The zero-order valence-electron chi connectivity index (χ0n) is 15.3. The first-order valence-corrected chi connectivity index (χ1v) is 8.82. The van der Waals surface area contributed by atoms with E-state index in [9.17, 15) is 4.79 Å². The summed E-state index contributed by atoms with van der Waals surface area (Å²) >= 11 is 0. The third-order valence-corrected chi connectivity index (χ3v) is 4.38. The van der Waals surface area contributed by atoms with Gasteiger partial charge >= 0.3 is 0 Å². The number of carbonyl (C=O) groups excluding carboxylic acids is 1. The molecule has 3 heterocycles. The Morgan fingerprint density at radius 2 is 1.93 bits per heavy atom. The van der Waals surface area contributed by atoms with E-state index in [1.165, 1.54) is 11.8 Å². The van der Waals surface area contributed by atoms with E-state index in [0.29, 0.717) is 23.0 Å². The molecule has 0 fully saturated rings. The van der Waals surface area contributed by atoms with Gasteiger partial charge in [-0.1, -0.05) is 0 Å². The van der Waals surface area contributed by atoms with Gasteiger partial charge < -0.3 is 19.7 Å². The highest BCUT2D eigenvalue weighted by molar-refractivity contribution is 6.02. The molecule has 0 bridgehead atoms. The summed E-state index contributed by atoms with van der Waals surface area (Å²) in [4.78, 5) is 27.0.